The van der Waals surface area contributed by atoms with Crippen molar-refractivity contribution in [3.8, 4) is 5.69 Å². The van der Waals surface area contributed by atoms with Crippen LogP contribution in [0.2, 0.25) is 5.02 Å². The molecule has 0 aliphatic rings. The maximum atomic E-state index is 6.08. The Bertz CT molecular complexity index is 724. The predicted molar refractivity (Wildman–Crippen MR) is 90.0 cm³/mol. The molecule has 1 heterocycles. The van der Waals surface area contributed by atoms with Crippen molar-refractivity contribution < 1.29 is 0 Å². The highest BCUT2D eigenvalue weighted by molar-refractivity contribution is 9.10. The van der Waals surface area contributed by atoms with E-state index in [2.05, 4.69) is 50.5 Å². The van der Waals surface area contributed by atoms with Crippen LogP contribution in [-0.2, 0) is 6.54 Å². The Hall–Kier alpha value is -1.78. The highest BCUT2D eigenvalue weighted by Crippen LogP contribution is 2.25. The van der Waals surface area contributed by atoms with Crippen LogP contribution in [0.3, 0.4) is 0 Å². The summed E-state index contributed by atoms with van der Waals surface area (Å²) in [5.74, 6) is 0. The molecule has 0 aliphatic heterocycles. The molecule has 0 radical (unpaired) electrons. The van der Waals surface area contributed by atoms with Crippen LogP contribution in [0.1, 0.15) is 5.56 Å². The van der Waals surface area contributed by atoms with Gasteiger partial charge in [0, 0.05) is 34.8 Å². The summed E-state index contributed by atoms with van der Waals surface area (Å²) in [6.07, 6.45) is 5.49. The molecule has 0 saturated carbocycles. The van der Waals surface area contributed by atoms with E-state index in [-0.39, 0.29) is 0 Å². The fraction of sp³-hybridized carbons (Fsp3) is 0.0625. The van der Waals surface area contributed by atoms with Gasteiger partial charge in [-0.1, -0.05) is 23.7 Å². The van der Waals surface area contributed by atoms with E-state index in [4.69, 9.17) is 11.6 Å². The molecule has 1 N–H and O–H groups in total. The maximum Gasteiger partial charge on any atom is 0.0991 e. The molecule has 0 fully saturated rings. The maximum absolute atomic E-state index is 6.08. The van der Waals surface area contributed by atoms with Crippen LogP contribution in [0, 0.1) is 0 Å². The molecule has 21 heavy (non-hydrogen) atoms. The van der Waals surface area contributed by atoms with Crippen molar-refractivity contribution in [1.82, 2.24) is 9.55 Å². The lowest BCUT2D eigenvalue weighted by molar-refractivity contribution is 1.05. The highest BCUT2D eigenvalue weighted by Gasteiger charge is 2.00. The number of anilines is 1. The van der Waals surface area contributed by atoms with Gasteiger partial charge in [-0.25, -0.2) is 4.98 Å². The van der Waals surface area contributed by atoms with Gasteiger partial charge in [0.15, 0.2) is 0 Å². The van der Waals surface area contributed by atoms with Crippen molar-refractivity contribution in [1.29, 1.82) is 0 Å². The molecule has 0 spiro atoms. The molecule has 0 atom stereocenters. The van der Waals surface area contributed by atoms with Gasteiger partial charge >= 0.3 is 0 Å². The molecule has 2 aromatic carbocycles. The molecular formula is C16H13BrClN3. The molecular weight excluding hydrogens is 350 g/mol. The quantitative estimate of drug-likeness (QED) is 0.715. The fourth-order valence-corrected chi connectivity index (χ4v) is 2.44. The zero-order valence-corrected chi connectivity index (χ0v) is 13.5. The Morgan fingerprint density at radius 2 is 1.95 bits per heavy atom. The van der Waals surface area contributed by atoms with Gasteiger partial charge in [0.25, 0.3) is 0 Å². The van der Waals surface area contributed by atoms with Crippen molar-refractivity contribution in [3.05, 3.63) is 76.2 Å². The minimum atomic E-state index is 0.704. The van der Waals surface area contributed by atoms with Gasteiger partial charge in [0.1, 0.15) is 0 Å². The smallest absolute Gasteiger partial charge is 0.0991 e. The second-order valence-corrected chi connectivity index (χ2v) is 5.88. The van der Waals surface area contributed by atoms with Crippen LogP contribution in [0.15, 0.2) is 65.7 Å². The minimum Gasteiger partial charge on any atom is -0.381 e. The average Bonchev–Trinajstić information content (AvgIpc) is 3.03. The summed E-state index contributed by atoms with van der Waals surface area (Å²) in [6.45, 7) is 0.752. The molecule has 3 rings (SSSR count). The standard InChI is InChI=1S/C16H13BrClN3/c17-15-6-3-13(9-16(15)18)20-10-12-1-4-14(5-2-12)21-8-7-19-11-21/h1-9,11,20H,10H2. The summed E-state index contributed by atoms with van der Waals surface area (Å²) < 4.78 is 2.88. The van der Waals surface area contributed by atoms with Crippen LogP contribution in [-0.4, -0.2) is 9.55 Å². The van der Waals surface area contributed by atoms with Gasteiger partial charge in [0.2, 0.25) is 0 Å². The van der Waals surface area contributed by atoms with E-state index in [9.17, 15) is 0 Å². The third-order valence-corrected chi connectivity index (χ3v) is 4.39. The van der Waals surface area contributed by atoms with Crippen molar-refractivity contribution in [2.45, 2.75) is 6.54 Å². The number of benzene rings is 2. The Morgan fingerprint density at radius 1 is 1.14 bits per heavy atom. The molecule has 0 aliphatic carbocycles. The monoisotopic (exact) mass is 361 g/mol. The number of rotatable bonds is 4. The molecule has 1 aromatic heterocycles. The van der Waals surface area contributed by atoms with Crippen LogP contribution in [0.25, 0.3) is 5.69 Å². The molecule has 0 bridgehead atoms. The first-order chi connectivity index (χ1) is 10.2. The average molecular weight is 363 g/mol. The number of nitrogens with one attached hydrogen (secondary N) is 1. The van der Waals surface area contributed by atoms with Gasteiger partial charge < -0.3 is 9.88 Å². The Balaban J connectivity index is 1.66. The lowest BCUT2D eigenvalue weighted by Gasteiger charge is -2.09. The van der Waals surface area contributed by atoms with Crippen LogP contribution < -0.4 is 5.32 Å². The Kier molecular flexibility index (Phi) is 4.27. The molecule has 0 unspecified atom stereocenters. The van der Waals surface area contributed by atoms with E-state index in [0.29, 0.717) is 5.02 Å². The fourth-order valence-electron chi connectivity index (χ4n) is 2.01. The Labute approximate surface area is 136 Å². The first-order valence-corrected chi connectivity index (χ1v) is 7.66. The van der Waals surface area contributed by atoms with E-state index in [1.54, 1.807) is 12.5 Å². The molecule has 106 valence electrons. The van der Waals surface area contributed by atoms with E-state index < -0.39 is 0 Å². The topological polar surface area (TPSA) is 29.9 Å². The third-order valence-electron chi connectivity index (χ3n) is 3.16. The summed E-state index contributed by atoms with van der Waals surface area (Å²) in [6, 6.07) is 14.2. The lowest BCUT2D eigenvalue weighted by atomic mass is 10.2. The van der Waals surface area contributed by atoms with Crippen LogP contribution in [0.4, 0.5) is 5.69 Å². The van der Waals surface area contributed by atoms with Crippen LogP contribution >= 0.6 is 27.5 Å². The van der Waals surface area contributed by atoms with E-state index in [1.165, 1.54) is 5.56 Å². The van der Waals surface area contributed by atoms with Gasteiger partial charge in [-0.05, 0) is 51.8 Å². The van der Waals surface area contributed by atoms with Gasteiger partial charge in [-0.2, -0.15) is 0 Å². The number of hydrogen-bond donors (Lipinski definition) is 1. The molecule has 3 nitrogen and oxygen atoms in total. The SMILES string of the molecule is Clc1cc(NCc2ccc(-n3ccnc3)cc2)ccc1Br. The summed E-state index contributed by atoms with van der Waals surface area (Å²) in [5.41, 5.74) is 3.31. The largest absolute Gasteiger partial charge is 0.381 e. The zero-order valence-electron chi connectivity index (χ0n) is 11.1. The van der Waals surface area contributed by atoms with Gasteiger partial charge in [0.05, 0.1) is 11.3 Å². The predicted octanol–water partition coefficient (Wildman–Crippen LogP) is 4.90. The number of aromatic nitrogens is 2. The second kappa shape index (κ2) is 6.33. The zero-order chi connectivity index (χ0) is 14.7. The summed E-state index contributed by atoms with van der Waals surface area (Å²) >= 11 is 9.46. The Morgan fingerprint density at radius 3 is 2.62 bits per heavy atom. The second-order valence-electron chi connectivity index (χ2n) is 4.62. The molecule has 0 saturated heterocycles. The summed E-state index contributed by atoms with van der Waals surface area (Å²) in [4.78, 5) is 4.05. The first-order valence-electron chi connectivity index (χ1n) is 6.48. The molecule has 5 heteroatoms. The van der Waals surface area contributed by atoms with Crippen LogP contribution in [0.5, 0.6) is 0 Å². The first kappa shape index (κ1) is 14.2. The number of hydrogen-bond acceptors (Lipinski definition) is 2. The van der Waals surface area contributed by atoms with Crippen molar-refractivity contribution in [2.75, 3.05) is 5.32 Å². The van der Waals surface area contributed by atoms with Gasteiger partial charge in [-0.15, -0.1) is 0 Å². The third kappa shape index (κ3) is 3.46. The minimum absolute atomic E-state index is 0.704. The van der Waals surface area contributed by atoms with E-state index >= 15 is 0 Å². The van der Waals surface area contributed by atoms with Crippen molar-refractivity contribution >= 4 is 33.2 Å². The lowest BCUT2D eigenvalue weighted by Crippen LogP contribution is -1.99. The summed E-state index contributed by atoms with van der Waals surface area (Å²) in [5, 5.41) is 4.06. The van der Waals surface area contributed by atoms with Crippen molar-refractivity contribution in [2.24, 2.45) is 0 Å². The van der Waals surface area contributed by atoms with Gasteiger partial charge in [-0.3, -0.25) is 0 Å². The molecule has 3 aromatic rings. The molecule has 0 amide bonds. The van der Waals surface area contributed by atoms with E-state index in [1.807, 2.05) is 29.0 Å². The van der Waals surface area contributed by atoms with E-state index in [0.717, 1.165) is 22.4 Å². The summed E-state index contributed by atoms with van der Waals surface area (Å²) in [7, 11) is 0. The van der Waals surface area contributed by atoms with Crippen molar-refractivity contribution in [3.63, 3.8) is 0 Å². The highest BCUT2D eigenvalue weighted by atomic mass is 79.9. The normalized spacial score (nSPS) is 10.6. The number of halogens is 2. The number of imidazole rings is 1. The number of nitrogens with zero attached hydrogens (tertiary/aromatic N) is 2.